The summed E-state index contributed by atoms with van der Waals surface area (Å²) in [5.74, 6) is 0. The van der Waals surface area contributed by atoms with E-state index in [4.69, 9.17) is 58.0 Å². The molecule has 0 saturated heterocycles. The van der Waals surface area contributed by atoms with Gasteiger partial charge in [0.2, 0.25) is 0 Å². The molecule has 5 heteroatoms. The molecule has 0 atom stereocenters. The van der Waals surface area contributed by atoms with Gasteiger partial charge in [0.05, 0.1) is 25.1 Å². The zero-order valence-electron chi connectivity index (χ0n) is 11.7. The predicted octanol–water partition coefficient (Wildman–Crippen LogP) is 8.32. The van der Waals surface area contributed by atoms with Crippen LogP contribution in [0.4, 0.5) is 0 Å². The van der Waals surface area contributed by atoms with Gasteiger partial charge in [-0.05, 0) is 12.5 Å². The molecule has 0 spiro atoms. The lowest BCUT2D eigenvalue weighted by Crippen LogP contribution is -1.83. The Balaban J connectivity index is 0.000000235. The highest BCUT2D eigenvalue weighted by atomic mass is 35.5. The van der Waals surface area contributed by atoms with Crippen LogP contribution in [0.2, 0.25) is 25.1 Å². The highest BCUT2D eigenvalue weighted by molar-refractivity contribution is 6.55. The molecule has 0 N–H and O–H groups in total. The van der Waals surface area contributed by atoms with Crippen LogP contribution >= 0.6 is 58.0 Å². The molecule has 2 aromatic rings. The third-order valence-corrected chi connectivity index (χ3v) is 4.91. The van der Waals surface area contributed by atoms with Gasteiger partial charge in [0, 0.05) is 5.56 Å². The van der Waals surface area contributed by atoms with Crippen LogP contribution in [0.25, 0.3) is 12.2 Å². The monoisotopic (exact) mass is 392 g/mol. The smallest absolute Gasteiger partial charge is 0.0809 e. The van der Waals surface area contributed by atoms with Gasteiger partial charge in [0.1, 0.15) is 0 Å². The molecule has 0 nitrogen and oxygen atoms in total. The number of hydrogen-bond donors (Lipinski definition) is 0. The first kappa shape index (κ1) is 19.4. The Morgan fingerprint density at radius 1 is 0.773 bits per heavy atom. The van der Waals surface area contributed by atoms with Crippen molar-refractivity contribution >= 4 is 70.2 Å². The third-order valence-electron chi connectivity index (χ3n) is 2.61. The second kappa shape index (κ2) is 9.50. The fourth-order valence-corrected chi connectivity index (χ4v) is 2.86. The number of rotatable bonds is 2. The van der Waals surface area contributed by atoms with Gasteiger partial charge in [-0.2, -0.15) is 0 Å². The van der Waals surface area contributed by atoms with E-state index in [0.29, 0.717) is 5.56 Å². The Bertz CT molecular complexity index is 646. The summed E-state index contributed by atoms with van der Waals surface area (Å²) in [5.41, 5.74) is 1.75. The molecule has 0 unspecified atom stereocenters. The van der Waals surface area contributed by atoms with Crippen molar-refractivity contribution < 1.29 is 0 Å². The minimum atomic E-state index is 0.156. The molecule has 0 heterocycles. The maximum atomic E-state index is 5.85. The second-order valence-corrected chi connectivity index (χ2v) is 5.99. The van der Waals surface area contributed by atoms with E-state index >= 15 is 0 Å². The van der Waals surface area contributed by atoms with Crippen LogP contribution < -0.4 is 0 Å². The normalized spacial score (nSPS) is 10.3. The van der Waals surface area contributed by atoms with Gasteiger partial charge in [-0.1, -0.05) is 113 Å². The molecule has 0 bridgehead atoms. The molecular formula is C17H13Cl5. The fourth-order valence-electron chi connectivity index (χ4n) is 1.56. The number of hydrogen-bond acceptors (Lipinski definition) is 0. The Morgan fingerprint density at radius 2 is 1.23 bits per heavy atom. The van der Waals surface area contributed by atoms with Gasteiger partial charge in [-0.3, -0.25) is 0 Å². The molecule has 0 aromatic heterocycles. The number of allylic oxidation sites excluding steroid dienone is 1. The molecule has 2 aromatic carbocycles. The molecule has 0 aliphatic heterocycles. The summed E-state index contributed by atoms with van der Waals surface area (Å²) >= 11 is 29.0. The van der Waals surface area contributed by atoms with Crippen LogP contribution in [0.1, 0.15) is 18.1 Å². The zero-order valence-corrected chi connectivity index (χ0v) is 15.5. The van der Waals surface area contributed by atoms with Crippen molar-refractivity contribution in [3.05, 3.63) is 79.2 Å². The summed E-state index contributed by atoms with van der Waals surface area (Å²) in [6, 6.07) is 10.3. The quantitative estimate of drug-likeness (QED) is 0.355. The van der Waals surface area contributed by atoms with Crippen molar-refractivity contribution in [1.82, 2.24) is 0 Å². The van der Waals surface area contributed by atoms with Crippen LogP contribution in [0.15, 0.2) is 43.0 Å². The van der Waals surface area contributed by atoms with Gasteiger partial charge in [-0.15, -0.1) is 0 Å². The topological polar surface area (TPSA) is 0 Å². The largest absolute Gasteiger partial charge is 0.0984 e. The standard InChI is InChI=1S/C9H10.C8H3Cl5/c1-2-6-9-7-4-3-5-8-9;1-2-3-4(9)6(11)8(13)7(12)5(3)10/h2-8H,1H3;2H,1H2. The zero-order chi connectivity index (χ0) is 16.7. The van der Waals surface area contributed by atoms with E-state index in [1.165, 1.54) is 11.6 Å². The summed E-state index contributed by atoms with van der Waals surface area (Å²) in [6.07, 6.45) is 5.59. The van der Waals surface area contributed by atoms with Crippen LogP contribution in [-0.4, -0.2) is 0 Å². The van der Waals surface area contributed by atoms with E-state index in [9.17, 15) is 0 Å². The van der Waals surface area contributed by atoms with Crippen LogP contribution in [0.5, 0.6) is 0 Å². The molecule has 0 amide bonds. The van der Waals surface area contributed by atoms with Gasteiger partial charge >= 0.3 is 0 Å². The number of benzene rings is 2. The first-order chi connectivity index (χ1) is 10.4. The molecule has 22 heavy (non-hydrogen) atoms. The first-order valence-electron chi connectivity index (χ1n) is 6.25. The minimum absolute atomic E-state index is 0.156. The van der Waals surface area contributed by atoms with Crippen molar-refractivity contribution in [3.63, 3.8) is 0 Å². The van der Waals surface area contributed by atoms with E-state index in [-0.39, 0.29) is 25.1 Å². The summed E-state index contributed by atoms with van der Waals surface area (Å²) in [6.45, 7) is 5.56. The van der Waals surface area contributed by atoms with E-state index in [1.807, 2.05) is 31.2 Å². The maximum absolute atomic E-state index is 5.85. The van der Waals surface area contributed by atoms with Gasteiger partial charge in [0.15, 0.2) is 0 Å². The molecule has 0 aliphatic rings. The van der Waals surface area contributed by atoms with Crippen LogP contribution in [-0.2, 0) is 0 Å². The second-order valence-electron chi connectivity index (χ2n) is 4.10. The van der Waals surface area contributed by atoms with Gasteiger partial charge in [-0.25, -0.2) is 0 Å². The van der Waals surface area contributed by atoms with Gasteiger partial charge in [0.25, 0.3) is 0 Å². The van der Waals surface area contributed by atoms with Crippen molar-refractivity contribution in [1.29, 1.82) is 0 Å². The Kier molecular flexibility index (Phi) is 8.38. The van der Waals surface area contributed by atoms with Crippen molar-refractivity contribution in [2.75, 3.05) is 0 Å². The maximum Gasteiger partial charge on any atom is 0.0809 e. The Morgan fingerprint density at radius 3 is 1.64 bits per heavy atom. The molecule has 2 rings (SSSR count). The van der Waals surface area contributed by atoms with Crippen molar-refractivity contribution in [2.45, 2.75) is 6.92 Å². The summed E-state index contributed by atoms with van der Waals surface area (Å²) in [7, 11) is 0. The van der Waals surface area contributed by atoms with Crippen LogP contribution in [0, 0.1) is 0 Å². The summed E-state index contributed by atoms with van der Waals surface area (Å²) in [5, 5.41) is 1.05. The highest BCUT2D eigenvalue weighted by Crippen LogP contribution is 2.44. The molecule has 0 saturated carbocycles. The predicted molar refractivity (Wildman–Crippen MR) is 103 cm³/mol. The molecule has 0 radical (unpaired) electrons. The van der Waals surface area contributed by atoms with Crippen molar-refractivity contribution in [2.24, 2.45) is 0 Å². The van der Waals surface area contributed by atoms with E-state index in [0.717, 1.165) is 0 Å². The number of halogens is 5. The summed E-state index contributed by atoms with van der Waals surface area (Å²) in [4.78, 5) is 0. The first-order valence-corrected chi connectivity index (χ1v) is 8.14. The average Bonchev–Trinajstić information content (AvgIpc) is 2.54. The molecule has 0 fully saturated rings. The lowest BCUT2D eigenvalue weighted by atomic mass is 10.2. The third kappa shape index (κ3) is 4.94. The Hall–Kier alpha value is -0.630. The molecular weight excluding hydrogens is 381 g/mol. The lowest BCUT2D eigenvalue weighted by molar-refractivity contribution is 1.64. The van der Waals surface area contributed by atoms with Crippen LogP contribution in [0.3, 0.4) is 0 Å². The molecule has 116 valence electrons. The lowest BCUT2D eigenvalue weighted by Gasteiger charge is -2.08. The molecule has 0 aliphatic carbocycles. The summed E-state index contributed by atoms with van der Waals surface area (Å²) < 4.78 is 0. The Labute approximate surface area is 155 Å². The van der Waals surface area contributed by atoms with E-state index in [2.05, 4.69) is 24.8 Å². The minimum Gasteiger partial charge on any atom is -0.0984 e. The highest BCUT2D eigenvalue weighted by Gasteiger charge is 2.16. The van der Waals surface area contributed by atoms with E-state index < -0.39 is 0 Å². The SMILES string of the molecule is C=Cc1c(Cl)c(Cl)c(Cl)c(Cl)c1Cl.CC=Cc1ccccc1. The van der Waals surface area contributed by atoms with E-state index in [1.54, 1.807) is 0 Å². The van der Waals surface area contributed by atoms with Crippen molar-refractivity contribution in [3.8, 4) is 0 Å². The van der Waals surface area contributed by atoms with Gasteiger partial charge < -0.3 is 0 Å². The average molecular weight is 395 g/mol. The fraction of sp³-hybridized carbons (Fsp3) is 0.0588.